The summed E-state index contributed by atoms with van der Waals surface area (Å²) in [6.07, 6.45) is 0.932. The second-order valence-corrected chi connectivity index (χ2v) is 5.30. The van der Waals surface area contributed by atoms with Gasteiger partial charge in [0, 0.05) is 24.4 Å². The van der Waals surface area contributed by atoms with Crippen molar-refractivity contribution in [3.63, 3.8) is 0 Å². The predicted octanol–water partition coefficient (Wildman–Crippen LogP) is 3.06. The number of thiazole rings is 1. The molecule has 21 heavy (non-hydrogen) atoms. The SMILES string of the molecule is CCNCCc1csc(Nc2cc(OC)ccc2OC)n1. The van der Waals surface area contributed by atoms with Crippen LogP contribution in [0.5, 0.6) is 11.5 Å². The van der Waals surface area contributed by atoms with Crippen molar-refractivity contribution >= 4 is 22.2 Å². The van der Waals surface area contributed by atoms with Crippen molar-refractivity contribution in [1.82, 2.24) is 10.3 Å². The number of rotatable bonds is 8. The van der Waals surface area contributed by atoms with E-state index in [1.54, 1.807) is 25.6 Å². The van der Waals surface area contributed by atoms with Gasteiger partial charge < -0.3 is 20.1 Å². The van der Waals surface area contributed by atoms with E-state index in [1.165, 1.54) is 0 Å². The molecule has 0 saturated heterocycles. The summed E-state index contributed by atoms with van der Waals surface area (Å²) in [5.41, 5.74) is 1.94. The largest absolute Gasteiger partial charge is 0.497 e. The van der Waals surface area contributed by atoms with Crippen molar-refractivity contribution in [2.45, 2.75) is 13.3 Å². The molecule has 0 amide bonds. The lowest BCUT2D eigenvalue weighted by Crippen LogP contribution is -2.16. The standard InChI is InChI=1S/C15H21N3O2S/c1-4-16-8-7-11-10-21-15(17-11)18-13-9-12(19-2)5-6-14(13)20-3/h5-6,9-10,16H,4,7-8H2,1-3H3,(H,17,18). The molecule has 0 aliphatic carbocycles. The molecule has 0 fully saturated rings. The van der Waals surface area contributed by atoms with E-state index in [1.807, 2.05) is 18.2 Å². The molecule has 2 aromatic rings. The Kier molecular flexibility index (Phi) is 5.83. The topological polar surface area (TPSA) is 55.4 Å². The maximum Gasteiger partial charge on any atom is 0.187 e. The minimum absolute atomic E-state index is 0.764. The molecule has 0 aliphatic rings. The van der Waals surface area contributed by atoms with Gasteiger partial charge in [-0.1, -0.05) is 6.92 Å². The van der Waals surface area contributed by atoms with Crippen LogP contribution in [0, 0.1) is 0 Å². The summed E-state index contributed by atoms with van der Waals surface area (Å²) in [7, 11) is 3.30. The second-order valence-electron chi connectivity index (χ2n) is 4.44. The van der Waals surface area contributed by atoms with E-state index in [-0.39, 0.29) is 0 Å². The van der Waals surface area contributed by atoms with Crippen molar-refractivity contribution in [2.75, 3.05) is 32.6 Å². The number of benzene rings is 1. The molecule has 5 nitrogen and oxygen atoms in total. The lowest BCUT2D eigenvalue weighted by Gasteiger charge is -2.10. The zero-order valence-corrected chi connectivity index (χ0v) is 13.4. The van der Waals surface area contributed by atoms with Crippen molar-refractivity contribution in [3.05, 3.63) is 29.3 Å². The molecule has 2 N–H and O–H groups in total. The molecular formula is C15H21N3O2S. The summed E-state index contributed by atoms with van der Waals surface area (Å²) in [4.78, 5) is 4.58. The average Bonchev–Trinajstić information content (AvgIpc) is 2.95. The maximum atomic E-state index is 5.35. The van der Waals surface area contributed by atoms with Gasteiger partial charge in [0.25, 0.3) is 0 Å². The van der Waals surface area contributed by atoms with Crippen molar-refractivity contribution < 1.29 is 9.47 Å². The summed E-state index contributed by atoms with van der Waals surface area (Å²) in [6.45, 7) is 4.03. The summed E-state index contributed by atoms with van der Waals surface area (Å²) in [6, 6.07) is 5.65. The summed E-state index contributed by atoms with van der Waals surface area (Å²) >= 11 is 1.59. The van der Waals surface area contributed by atoms with Crippen LogP contribution in [0.25, 0.3) is 0 Å². The third-order valence-electron chi connectivity index (χ3n) is 3.01. The number of likely N-dealkylation sites (N-methyl/N-ethyl adjacent to an activating group) is 1. The third kappa shape index (κ3) is 4.34. The van der Waals surface area contributed by atoms with Gasteiger partial charge in [-0.3, -0.25) is 0 Å². The van der Waals surface area contributed by atoms with E-state index in [4.69, 9.17) is 9.47 Å². The van der Waals surface area contributed by atoms with Crippen LogP contribution in [0.3, 0.4) is 0 Å². The van der Waals surface area contributed by atoms with E-state index in [9.17, 15) is 0 Å². The first kappa shape index (κ1) is 15.6. The molecule has 114 valence electrons. The van der Waals surface area contributed by atoms with Gasteiger partial charge >= 0.3 is 0 Å². The van der Waals surface area contributed by atoms with Crippen LogP contribution >= 0.6 is 11.3 Å². The Morgan fingerprint density at radius 2 is 2.10 bits per heavy atom. The Morgan fingerprint density at radius 1 is 1.24 bits per heavy atom. The zero-order chi connectivity index (χ0) is 15.1. The van der Waals surface area contributed by atoms with E-state index >= 15 is 0 Å². The van der Waals surface area contributed by atoms with Crippen LogP contribution < -0.4 is 20.1 Å². The molecule has 1 aromatic heterocycles. The normalized spacial score (nSPS) is 10.4. The van der Waals surface area contributed by atoms with E-state index in [0.717, 1.165) is 47.5 Å². The van der Waals surface area contributed by atoms with Crippen LogP contribution in [0.2, 0.25) is 0 Å². The van der Waals surface area contributed by atoms with Crippen LogP contribution in [0.1, 0.15) is 12.6 Å². The molecule has 0 unspecified atom stereocenters. The first-order valence-corrected chi connectivity index (χ1v) is 7.79. The first-order valence-electron chi connectivity index (χ1n) is 6.91. The smallest absolute Gasteiger partial charge is 0.187 e. The van der Waals surface area contributed by atoms with Crippen LogP contribution in [0.4, 0.5) is 10.8 Å². The number of anilines is 2. The number of nitrogens with one attached hydrogen (secondary N) is 2. The van der Waals surface area contributed by atoms with Gasteiger partial charge in [0.1, 0.15) is 11.5 Å². The number of aromatic nitrogens is 1. The number of hydrogen-bond acceptors (Lipinski definition) is 6. The Balaban J connectivity index is 2.07. The molecule has 0 spiro atoms. The Labute approximate surface area is 129 Å². The van der Waals surface area contributed by atoms with Crippen molar-refractivity contribution in [3.8, 4) is 11.5 Å². The van der Waals surface area contributed by atoms with Gasteiger partial charge in [-0.2, -0.15) is 0 Å². The summed E-state index contributed by atoms with van der Waals surface area (Å²) in [5.74, 6) is 1.54. The first-order chi connectivity index (χ1) is 10.3. The quantitative estimate of drug-likeness (QED) is 0.734. The van der Waals surface area contributed by atoms with Gasteiger partial charge in [0.05, 0.1) is 25.6 Å². The molecule has 0 saturated carbocycles. The highest BCUT2D eigenvalue weighted by molar-refractivity contribution is 7.13. The zero-order valence-electron chi connectivity index (χ0n) is 12.6. The number of nitrogens with zero attached hydrogens (tertiary/aromatic N) is 1. The molecule has 0 radical (unpaired) electrons. The Bertz CT molecular complexity index is 572. The van der Waals surface area contributed by atoms with Crippen LogP contribution in [-0.2, 0) is 6.42 Å². The van der Waals surface area contributed by atoms with Gasteiger partial charge in [0.15, 0.2) is 5.13 Å². The third-order valence-corrected chi connectivity index (χ3v) is 3.81. The lowest BCUT2D eigenvalue weighted by atomic mass is 10.2. The average molecular weight is 307 g/mol. The lowest BCUT2D eigenvalue weighted by molar-refractivity contribution is 0.405. The molecule has 0 atom stereocenters. The fraction of sp³-hybridized carbons (Fsp3) is 0.400. The number of hydrogen-bond donors (Lipinski definition) is 2. The fourth-order valence-corrected chi connectivity index (χ4v) is 2.66. The Morgan fingerprint density at radius 3 is 2.81 bits per heavy atom. The monoisotopic (exact) mass is 307 g/mol. The van der Waals surface area contributed by atoms with Gasteiger partial charge in [-0.15, -0.1) is 11.3 Å². The molecule has 0 aliphatic heterocycles. The fourth-order valence-electron chi connectivity index (χ4n) is 1.90. The number of ether oxygens (including phenoxy) is 2. The van der Waals surface area contributed by atoms with Crippen molar-refractivity contribution in [1.29, 1.82) is 0 Å². The minimum atomic E-state index is 0.764. The van der Waals surface area contributed by atoms with E-state index < -0.39 is 0 Å². The van der Waals surface area contributed by atoms with Crippen LogP contribution in [-0.4, -0.2) is 32.3 Å². The maximum absolute atomic E-state index is 5.35. The molecule has 2 rings (SSSR count). The Hall–Kier alpha value is -1.79. The molecule has 6 heteroatoms. The highest BCUT2D eigenvalue weighted by Crippen LogP contribution is 2.32. The summed E-state index contributed by atoms with van der Waals surface area (Å²) < 4.78 is 10.6. The van der Waals surface area contributed by atoms with Crippen molar-refractivity contribution in [2.24, 2.45) is 0 Å². The highest BCUT2D eigenvalue weighted by Gasteiger charge is 2.08. The van der Waals surface area contributed by atoms with E-state index in [2.05, 4.69) is 27.9 Å². The molecule has 1 heterocycles. The molecule has 0 bridgehead atoms. The molecular weight excluding hydrogens is 286 g/mol. The van der Waals surface area contributed by atoms with Gasteiger partial charge in [-0.25, -0.2) is 4.98 Å². The highest BCUT2D eigenvalue weighted by atomic mass is 32.1. The van der Waals surface area contributed by atoms with Crippen LogP contribution in [0.15, 0.2) is 23.6 Å². The number of methoxy groups -OCH3 is 2. The van der Waals surface area contributed by atoms with Gasteiger partial charge in [-0.05, 0) is 18.7 Å². The van der Waals surface area contributed by atoms with Gasteiger partial charge in [0.2, 0.25) is 0 Å². The summed E-state index contributed by atoms with van der Waals surface area (Å²) in [5, 5.41) is 9.52. The minimum Gasteiger partial charge on any atom is -0.497 e. The predicted molar refractivity (Wildman–Crippen MR) is 87.2 cm³/mol. The van der Waals surface area contributed by atoms with E-state index in [0.29, 0.717) is 0 Å². The molecule has 1 aromatic carbocycles. The second kappa shape index (κ2) is 7.85.